The van der Waals surface area contributed by atoms with E-state index in [-0.39, 0.29) is 17.5 Å². The monoisotopic (exact) mass is 250 g/mol. The second-order valence-corrected chi connectivity index (χ2v) is 5.25. The first-order chi connectivity index (χ1) is 8.49. The van der Waals surface area contributed by atoms with Gasteiger partial charge in [-0.05, 0) is 30.9 Å². The van der Waals surface area contributed by atoms with Crippen molar-refractivity contribution in [2.45, 2.75) is 26.3 Å². The molecule has 0 saturated carbocycles. The molecule has 0 radical (unpaired) electrons. The summed E-state index contributed by atoms with van der Waals surface area (Å²) in [5, 5.41) is 0. The summed E-state index contributed by atoms with van der Waals surface area (Å²) in [6.07, 6.45) is 0.917. The number of nitrogens with two attached hydrogens (primary N) is 1. The average Bonchev–Trinajstić information content (AvgIpc) is 2.30. The zero-order valence-corrected chi connectivity index (χ0v) is 10.8. The standard InChI is InChI=1S/C14H19FN2O/c1-9-6-11(16)8-17(7-9)14(18)12-5-3-4-10(2)13(12)15/h3-5,9,11H,6-8,16H2,1-2H3. The van der Waals surface area contributed by atoms with Gasteiger partial charge in [-0.3, -0.25) is 4.79 Å². The number of benzene rings is 1. The van der Waals surface area contributed by atoms with Crippen LogP contribution in [0.25, 0.3) is 0 Å². The predicted octanol–water partition coefficient (Wildman–Crippen LogP) is 1.94. The molecule has 98 valence electrons. The topological polar surface area (TPSA) is 46.3 Å². The fraction of sp³-hybridized carbons (Fsp3) is 0.500. The molecule has 1 amide bonds. The van der Waals surface area contributed by atoms with Crippen LogP contribution < -0.4 is 5.73 Å². The van der Waals surface area contributed by atoms with Crippen LogP contribution in [0.1, 0.15) is 29.3 Å². The second kappa shape index (κ2) is 5.06. The molecule has 0 aliphatic carbocycles. The van der Waals surface area contributed by atoms with E-state index >= 15 is 0 Å². The Kier molecular flexibility index (Phi) is 3.66. The summed E-state index contributed by atoms with van der Waals surface area (Å²) in [6, 6.07) is 4.90. The lowest BCUT2D eigenvalue weighted by Gasteiger charge is -2.35. The molecule has 1 aromatic rings. The number of hydrogen-bond donors (Lipinski definition) is 1. The minimum atomic E-state index is -0.422. The number of amides is 1. The van der Waals surface area contributed by atoms with Gasteiger partial charge in [0.2, 0.25) is 0 Å². The predicted molar refractivity (Wildman–Crippen MR) is 68.8 cm³/mol. The van der Waals surface area contributed by atoms with Gasteiger partial charge < -0.3 is 10.6 Å². The van der Waals surface area contributed by atoms with Gasteiger partial charge in [0, 0.05) is 19.1 Å². The number of piperidine rings is 1. The van der Waals surface area contributed by atoms with E-state index in [0.717, 1.165) is 6.42 Å². The van der Waals surface area contributed by atoms with Crippen molar-refractivity contribution in [1.82, 2.24) is 4.90 Å². The highest BCUT2D eigenvalue weighted by atomic mass is 19.1. The van der Waals surface area contributed by atoms with Crippen LogP contribution in [0.4, 0.5) is 4.39 Å². The molecule has 2 N–H and O–H groups in total. The molecule has 0 spiro atoms. The van der Waals surface area contributed by atoms with E-state index in [1.807, 2.05) is 0 Å². The van der Waals surface area contributed by atoms with Crippen LogP contribution in [-0.4, -0.2) is 29.9 Å². The first-order valence-electron chi connectivity index (χ1n) is 6.29. The van der Waals surface area contributed by atoms with Crippen molar-refractivity contribution in [3.63, 3.8) is 0 Å². The van der Waals surface area contributed by atoms with E-state index in [4.69, 9.17) is 5.73 Å². The average molecular weight is 250 g/mol. The molecule has 2 unspecified atom stereocenters. The number of carbonyl (C=O) groups excluding carboxylic acids is 1. The van der Waals surface area contributed by atoms with Crippen molar-refractivity contribution in [2.24, 2.45) is 11.7 Å². The molecule has 0 bridgehead atoms. The number of hydrogen-bond acceptors (Lipinski definition) is 2. The minimum Gasteiger partial charge on any atom is -0.337 e. The molecule has 0 aromatic heterocycles. The van der Waals surface area contributed by atoms with Crippen molar-refractivity contribution in [2.75, 3.05) is 13.1 Å². The fourth-order valence-corrected chi connectivity index (χ4v) is 2.55. The van der Waals surface area contributed by atoms with Crippen LogP contribution in [0, 0.1) is 18.7 Å². The zero-order valence-electron chi connectivity index (χ0n) is 10.8. The first-order valence-corrected chi connectivity index (χ1v) is 6.29. The molecule has 1 heterocycles. The maximum atomic E-state index is 13.9. The maximum absolute atomic E-state index is 13.9. The number of carbonyl (C=O) groups is 1. The summed E-state index contributed by atoms with van der Waals surface area (Å²) in [5.41, 5.74) is 6.56. The highest BCUT2D eigenvalue weighted by Gasteiger charge is 2.27. The summed E-state index contributed by atoms with van der Waals surface area (Å²) >= 11 is 0. The van der Waals surface area contributed by atoms with Crippen LogP contribution >= 0.6 is 0 Å². The molecular formula is C14H19FN2O. The Labute approximate surface area is 107 Å². The van der Waals surface area contributed by atoms with Gasteiger partial charge in [-0.2, -0.15) is 0 Å². The number of likely N-dealkylation sites (tertiary alicyclic amines) is 1. The van der Waals surface area contributed by atoms with Gasteiger partial charge in [0.15, 0.2) is 0 Å². The van der Waals surface area contributed by atoms with Crippen LogP contribution in [0.3, 0.4) is 0 Å². The molecule has 1 saturated heterocycles. The minimum absolute atomic E-state index is 0.00873. The molecule has 3 nitrogen and oxygen atoms in total. The number of aryl methyl sites for hydroxylation is 1. The highest BCUT2D eigenvalue weighted by Crippen LogP contribution is 2.20. The van der Waals surface area contributed by atoms with Crippen LogP contribution in [0.15, 0.2) is 18.2 Å². The molecule has 2 atom stereocenters. The highest BCUT2D eigenvalue weighted by molar-refractivity contribution is 5.94. The van der Waals surface area contributed by atoms with Crippen molar-refractivity contribution in [3.05, 3.63) is 35.1 Å². The molecule has 1 fully saturated rings. The lowest BCUT2D eigenvalue weighted by molar-refractivity contribution is 0.0656. The van der Waals surface area contributed by atoms with Gasteiger partial charge >= 0.3 is 0 Å². The quantitative estimate of drug-likeness (QED) is 0.828. The van der Waals surface area contributed by atoms with Gasteiger partial charge in [0.05, 0.1) is 5.56 Å². The van der Waals surface area contributed by atoms with Gasteiger partial charge in [0.25, 0.3) is 5.91 Å². The number of halogens is 1. The summed E-state index contributed by atoms with van der Waals surface area (Å²) in [7, 11) is 0. The summed E-state index contributed by atoms with van der Waals surface area (Å²) < 4.78 is 13.9. The third kappa shape index (κ3) is 2.53. The van der Waals surface area contributed by atoms with Crippen LogP contribution in [0.2, 0.25) is 0 Å². The largest absolute Gasteiger partial charge is 0.337 e. The van der Waals surface area contributed by atoms with Crippen molar-refractivity contribution in [1.29, 1.82) is 0 Å². The second-order valence-electron chi connectivity index (χ2n) is 5.25. The van der Waals surface area contributed by atoms with E-state index in [2.05, 4.69) is 6.92 Å². The molecule has 1 aromatic carbocycles. The number of rotatable bonds is 1. The van der Waals surface area contributed by atoms with Gasteiger partial charge in [-0.25, -0.2) is 4.39 Å². The van der Waals surface area contributed by atoms with Gasteiger partial charge in [0.1, 0.15) is 5.82 Å². The van der Waals surface area contributed by atoms with E-state index < -0.39 is 5.82 Å². The normalized spacial score (nSPS) is 24.1. The van der Waals surface area contributed by atoms with Gasteiger partial charge in [-0.1, -0.05) is 19.1 Å². The number of nitrogens with zero attached hydrogens (tertiary/aromatic N) is 1. The fourth-order valence-electron chi connectivity index (χ4n) is 2.55. The zero-order chi connectivity index (χ0) is 13.3. The Morgan fingerprint density at radius 2 is 2.17 bits per heavy atom. The Balaban J connectivity index is 2.23. The summed E-state index contributed by atoms with van der Waals surface area (Å²) in [6.45, 7) is 4.89. The molecule has 18 heavy (non-hydrogen) atoms. The van der Waals surface area contributed by atoms with Crippen molar-refractivity contribution in [3.8, 4) is 0 Å². The molecule has 1 aliphatic rings. The van der Waals surface area contributed by atoms with Crippen LogP contribution in [-0.2, 0) is 0 Å². The van der Waals surface area contributed by atoms with Crippen molar-refractivity contribution < 1.29 is 9.18 Å². The third-order valence-electron chi connectivity index (χ3n) is 3.40. The maximum Gasteiger partial charge on any atom is 0.256 e. The van der Waals surface area contributed by atoms with E-state index in [1.54, 1.807) is 24.0 Å². The Hall–Kier alpha value is -1.42. The summed E-state index contributed by atoms with van der Waals surface area (Å²) in [5.74, 6) is -0.307. The Morgan fingerprint density at radius 1 is 1.44 bits per heavy atom. The molecule has 2 rings (SSSR count). The first kappa shape index (κ1) is 13.0. The van der Waals surface area contributed by atoms with E-state index in [0.29, 0.717) is 24.6 Å². The third-order valence-corrected chi connectivity index (χ3v) is 3.40. The van der Waals surface area contributed by atoms with E-state index in [1.165, 1.54) is 6.07 Å². The molecular weight excluding hydrogens is 231 g/mol. The van der Waals surface area contributed by atoms with E-state index in [9.17, 15) is 9.18 Å². The summed E-state index contributed by atoms with van der Waals surface area (Å²) in [4.78, 5) is 14.0. The Morgan fingerprint density at radius 3 is 2.83 bits per heavy atom. The molecule has 1 aliphatic heterocycles. The lowest BCUT2D eigenvalue weighted by Crippen LogP contribution is -2.49. The SMILES string of the molecule is Cc1cccc(C(=O)N2CC(C)CC(N)C2)c1F. The van der Waals surface area contributed by atoms with Gasteiger partial charge in [-0.15, -0.1) is 0 Å². The lowest BCUT2D eigenvalue weighted by atomic mass is 9.96. The Bertz CT molecular complexity index is 451. The van der Waals surface area contributed by atoms with Crippen molar-refractivity contribution >= 4 is 5.91 Å². The van der Waals surface area contributed by atoms with Crippen LogP contribution in [0.5, 0.6) is 0 Å². The molecule has 4 heteroatoms. The smallest absolute Gasteiger partial charge is 0.256 e.